The van der Waals surface area contributed by atoms with Gasteiger partial charge in [-0.05, 0) is 28.7 Å². The molecule has 34 heavy (non-hydrogen) atoms. The first kappa shape index (κ1) is 27.6. The van der Waals surface area contributed by atoms with Crippen LogP contribution in [0.2, 0.25) is 0 Å². The van der Waals surface area contributed by atoms with Crippen molar-refractivity contribution in [2.45, 2.75) is 6.42 Å². The maximum atomic E-state index is 7.00. The van der Waals surface area contributed by atoms with Crippen LogP contribution < -0.4 is 24.8 Å². The zero-order valence-electron chi connectivity index (χ0n) is 18.6. The van der Waals surface area contributed by atoms with Gasteiger partial charge in [-0.1, -0.05) is 108 Å². The molecule has 5 aromatic carbocycles. The standard InChI is InChI=1S/C24H17.C6H6N.2ClH.Ti/c1-16-19-9-4-2-7-17(19)13-14-20(16)22-11-6-12-23-21-10-5-3-8-18(21)15-24(22)23;7-6-4-2-1-3-5-6;;;/h2-14H,1,15H2;1-5,7H;2*1H;/q2*-1;;;+2/p-2. The second-order valence-electron chi connectivity index (χ2n) is 7.84. The molecule has 0 aromatic heterocycles. The molecule has 1 aliphatic rings. The fourth-order valence-electron chi connectivity index (χ4n) is 4.44. The van der Waals surface area contributed by atoms with Gasteiger partial charge in [0, 0.05) is 0 Å². The summed E-state index contributed by atoms with van der Waals surface area (Å²) in [6.45, 7) is 4.40. The number of hydrogen-bond acceptors (Lipinski definition) is 0. The molecule has 168 valence electrons. The molecule has 0 amide bonds. The summed E-state index contributed by atoms with van der Waals surface area (Å²) in [5.74, 6) is 0. The third-order valence-electron chi connectivity index (χ3n) is 5.96. The molecule has 5 aromatic rings. The van der Waals surface area contributed by atoms with Crippen LogP contribution >= 0.6 is 0 Å². The Morgan fingerprint density at radius 3 is 1.85 bits per heavy atom. The molecule has 0 saturated carbocycles. The van der Waals surface area contributed by atoms with Crippen LogP contribution in [0.5, 0.6) is 0 Å². The summed E-state index contributed by atoms with van der Waals surface area (Å²) in [5, 5.41) is 2.49. The van der Waals surface area contributed by atoms with Gasteiger partial charge in [-0.25, -0.2) is 0 Å². The number of hydrogen-bond donors (Lipinski definition) is 0. The van der Waals surface area contributed by atoms with Gasteiger partial charge in [0.2, 0.25) is 0 Å². The summed E-state index contributed by atoms with van der Waals surface area (Å²) in [5.41, 5.74) is 16.9. The van der Waals surface area contributed by atoms with E-state index in [1.807, 2.05) is 18.2 Å². The Kier molecular flexibility index (Phi) is 9.85. The number of nitrogens with one attached hydrogen (secondary N) is 1. The van der Waals surface area contributed by atoms with Crippen LogP contribution in [0, 0.1) is 6.92 Å². The first-order valence-electron chi connectivity index (χ1n) is 10.5. The SMILES string of the molecule is [CH2-]c1c(-c2cccc3c2Cc2ccccc2-3)ccc2ccccc12.[Cl-].[Cl-].[NH-]c1ccccc1.[Ti+2]. The molecule has 0 atom stereocenters. The van der Waals surface area contributed by atoms with Crippen molar-refractivity contribution in [3.05, 3.63) is 139 Å². The molecular formula is C30H23Cl2NTi-2. The Bertz CT molecular complexity index is 1380. The quantitative estimate of drug-likeness (QED) is 0.237. The largest absolute Gasteiger partial charge is 2.00 e. The predicted molar refractivity (Wildman–Crippen MR) is 133 cm³/mol. The van der Waals surface area contributed by atoms with Crippen LogP contribution in [-0.4, -0.2) is 0 Å². The van der Waals surface area contributed by atoms with Crippen molar-refractivity contribution in [3.8, 4) is 22.3 Å². The number of benzene rings is 5. The molecular weight excluding hydrogens is 493 g/mol. The van der Waals surface area contributed by atoms with Crippen molar-refractivity contribution < 1.29 is 46.5 Å². The zero-order chi connectivity index (χ0) is 21.2. The molecule has 4 heteroatoms. The Balaban J connectivity index is 0.000000357. The average molecular weight is 516 g/mol. The molecule has 1 N–H and O–H groups in total. The van der Waals surface area contributed by atoms with Gasteiger partial charge in [-0.15, -0.1) is 28.8 Å². The zero-order valence-corrected chi connectivity index (χ0v) is 21.6. The van der Waals surface area contributed by atoms with Crippen molar-refractivity contribution in [2.24, 2.45) is 0 Å². The normalized spacial score (nSPS) is 10.4. The van der Waals surface area contributed by atoms with Crippen LogP contribution in [-0.2, 0) is 28.1 Å². The van der Waals surface area contributed by atoms with Crippen LogP contribution in [0.3, 0.4) is 0 Å². The van der Waals surface area contributed by atoms with E-state index in [1.165, 1.54) is 44.2 Å². The summed E-state index contributed by atoms with van der Waals surface area (Å²) in [6.07, 6.45) is 1.01. The summed E-state index contributed by atoms with van der Waals surface area (Å²) >= 11 is 0. The predicted octanol–water partition coefficient (Wildman–Crippen LogP) is 2.64. The third-order valence-corrected chi connectivity index (χ3v) is 5.96. The molecule has 0 bridgehead atoms. The maximum Gasteiger partial charge on any atom is 2.00 e. The molecule has 0 unspecified atom stereocenters. The van der Waals surface area contributed by atoms with Gasteiger partial charge in [0.25, 0.3) is 0 Å². The van der Waals surface area contributed by atoms with Gasteiger partial charge in [-0.3, -0.25) is 0 Å². The van der Waals surface area contributed by atoms with E-state index in [1.54, 1.807) is 12.1 Å². The van der Waals surface area contributed by atoms with E-state index < -0.39 is 0 Å². The van der Waals surface area contributed by atoms with E-state index in [0.717, 1.165) is 12.0 Å². The Hall–Kier alpha value is -2.68. The van der Waals surface area contributed by atoms with Gasteiger partial charge in [-0.2, -0.15) is 12.5 Å². The summed E-state index contributed by atoms with van der Waals surface area (Å²) in [7, 11) is 0. The second kappa shape index (κ2) is 12.2. The maximum absolute atomic E-state index is 7.00. The second-order valence-corrected chi connectivity index (χ2v) is 7.84. The van der Waals surface area contributed by atoms with Crippen LogP contribution in [0.15, 0.2) is 109 Å². The van der Waals surface area contributed by atoms with Gasteiger partial charge in [0.05, 0.1) is 0 Å². The van der Waals surface area contributed by atoms with Crippen LogP contribution in [0.4, 0.5) is 5.69 Å². The fourth-order valence-corrected chi connectivity index (χ4v) is 4.44. The number of halogens is 2. The summed E-state index contributed by atoms with van der Waals surface area (Å²) in [6, 6.07) is 37.4. The summed E-state index contributed by atoms with van der Waals surface area (Å²) < 4.78 is 0. The summed E-state index contributed by atoms with van der Waals surface area (Å²) in [4.78, 5) is 0. The number of fused-ring (bicyclic) bond motifs is 4. The van der Waals surface area contributed by atoms with Crippen molar-refractivity contribution in [3.63, 3.8) is 0 Å². The minimum absolute atomic E-state index is 0. The molecule has 0 radical (unpaired) electrons. The first-order valence-corrected chi connectivity index (χ1v) is 10.5. The monoisotopic (exact) mass is 515 g/mol. The van der Waals surface area contributed by atoms with Crippen molar-refractivity contribution in [1.82, 2.24) is 0 Å². The van der Waals surface area contributed by atoms with E-state index in [-0.39, 0.29) is 46.5 Å². The Morgan fingerprint density at radius 2 is 1.15 bits per heavy atom. The average Bonchev–Trinajstić information content (AvgIpc) is 3.20. The van der Waals surface area contributed by atoms with E-state index in [2.05, 4.69) is 85.8 Å². The minimum Gasteiger partial charge on any atom is -1.00 e. The van der Waals surface area contributed by atoms with Gasteiger partial charge >= 0.3 is 21.7 Å². The topological polar surface area (TPSA) is 23.8 Å². The van der Waals surface area contributed by atoms with Gasteiger partial charge in [0.15, 0.2) is 0 Å². The van der Waals surface area contributed by atoms with E-state index >= 15 is 0 Å². The van der Waals surface area contributed by atoms with Gasteiger partial charge in [0.1, 0.15) is 0 Å². The first-order chi connectivity index (χ1) is 15.2. The Morgan fingerprint density at radius 1 is 0.559 bits per heavy atom. The molecule has 1 nitrogen and oxygen atoms in total. The molecule has 0 aliphatic heterocycles. The molecule has 1 aliphatic carbocycles. The Labute approximate surface area is 229 Å². The van der Waals surface area contributed by atoms with Crippen LogP contribution in [0.1, 0.15) is 16.7 Å². The van der Waals surface area contributed by atoms with Crippen molar-refractivity contribution >= 4 is 16.5 Å². The van der Waals surface area contributed by atoms with Crippen LogP contribution in [0.25, 0.3) is 38.8 Å². The third kappa shape index (κ3) is 5.35. The molecule has 0 saturated heterocycles. The van der Waals surface area contributed by atoms with E-state index in [9.17, 15) is 0 Å². The molecule has 6 rings (SSSR count). The fraction of sp³-hybridized carbons (Fsp3) is 0.0333. The van der Waals surface area contributed by atoms with Gasteiger partial charge < -0.3 is 30.5 Å². The van der Waals surface area contributed by atoms with Crippen molar-refractivity contribution in [1.29, 1.82) is 0 Å². The number of rotatable bonds is 1. The molecule has 0 spiro atoms. The van der Waals surface area contributed by atoms with Crippen molar-refractivity contribution in [2.75, 3.05) is 0 Å². The minimum atomic E-state index is 0. The smallest absolute Gasteiger partial charge is 1.00 e. The molecule has 0 heterocycles. The van der Waals surface area contributed by atoms with E-state index in [0.29, 0.717) is 5.69 Å². The van der Waals surface area contributed by atoms with E-state index in [4.69, 9.17) is 5.73 Å². The molecule has 0 fully saturated rings.